The molecule has 1 fully saturated rings. The predicted molar refractivity (Wildman–Crippen MR) is 104 cm³/mol. The molecule has 2 aromatic carbocycles. The maximum absolute atomic E-state index is 14.4. The smallest absolute Gasteiger partial charge is 0.130 e. The first kappa shape index (κ1) is 17.6. The van der Waals surface area contributed by atoms with E-state index in [1.54, 1.807) is 6.07 Å². The van der Waals surface area contributed by atoms with E-state index in [1.807, 2.05) is 24.3 Å². The summed E-state index contributed by atoms with van der Waals surface area (Å²) >= 11 is 0. The van der Waals surface area contributed by atoms with Crippen LogP contribution < -0.4 is 4.90 Å². The molecule has 3 aromatic rings. The van der Waals surface area contributed by atoms with Crippen molar-refractivity contribution >= 4 is 22.4 Å². The molecule has 0 radical (unpaired) electrons. The van der Waals surface area contributed by atoms with Gasteiger partial charge in [-0.05, 0) is 49.6 Å². The second-order valence-corrected chi connectivity index (χ2v) is 7.21. The van der Waals surface area contributed by atoms with Gasteiger partial charge in [-0.25, -0.2) is 4.39 Å². The van der Waals surface area contributed by atoms with Gasteiger partial charge in [-0.3, -0.25) is 0 Å². The molecule has 1 aliphatic rings. The topological polar surface area (TPSA) is 63.0 Å². The highest BCUT2D eigenvalue weighted by atomic mass is 19.1. The summed E-state index contributed by atoms with van der Waals surface area (Å²) in [6, 6.07) is 13.2. The highest BCUT2D eigenvalue weighted by molar-refractivity contribution is 5.91. The van der Waals surface area contributed by atoms with Crippen molar-refractivity contribution in [3.05, 3.63) is 58.9 Å². The van der Waals surface area contributed by atoms with Crippen LogP contribution in [0.25, 0.3) is 10.9 Å². The normalized spacial score (nSPS) is 14.6. The lowest BCUT2D eigenvalue weighted by molar-refractivity contribution is 0.276. The number of nitrogens with one attached hydrogen (secondary N) is 1. The van der Waals surface area contributed by atoms with E-state index in [2.05, 4.69) is 22.9 Å². The number of aliphatic hydroxyl groups excluding tert-OH is 1. The number of hydrogen-bond donors (Lipinski definition) is 2. The lowest BCUT2D eigenvalue weighted by atomic mass is 10.1. The third-order valence-corrected chi connectivity index (χ3v) is 5.58. The highest BCUT2D eigenvalue weighted by Crippen LogP contribution is 2.39. The second kappa shape index (κ2) is 7.05. The summed E-state index contributed by atoms with van der Waals surface area (Å²) < 4.78 is 14.4. The maximum Gasteiger partial charge on any atom is 0.130 e. The number of H-pyrrole nitrogens is 1. The van der Waals surface area contributed by atoms with Crippen LogP contribution in [0.3, 0.4) is 0 Å². The van der Waals surface area contributed by atoms with Crippen molar-refractivity contribution in [2.45, 2.75) is 45.3 Å². The molecule has 5 heteroatoms. The molecule has 1 aromatic heterocycles. The van der Waals surface area contributed by atoms with Crippen LogP contribution in [0, 0.1) is 24.1 Å². The zero-order valence-electron chi connectivity index (χ0n) is 15.3. The first-order valence-electron chi connectivity index (χ1n) is 9.33. The summed E-state index contributed by atoms with van der Waals surface area (Å²) in [6.45, 7) is 1.75. The Bertz CT molecular complexity index is 1030. The van der Waals surface area contributed by atoms with Gasteiger partial charge in [-0.1, -0.05) is 25.0 Å². The lowest BCUT2D eigenvalue weighted by Crippen LogP contribution is -2.29. The number of nitriles is 1. The summed E-state index contributed by atoms with van der Waals surface area (Å²) in [7, 11) is 0. The number of hydrogen-bond acceptors (Lipinski definition) is 3. The fraction of sp³-hybridized carbons (Fsp3) is 0.318. The summed E-state index contributed by atoms with van der Waals surface area (Å²) in [5.41, 5.74) is 3.70. The van der Waals surface area contributed by atoms with Crippen LogP contribution in [0.1, 0.15) is 42.4 Å². The van der Waals surface area contributed by atoms with E-state index < -0.39 is 5.82 Å². The van der Waals surface area contributed by atoms with Gasteiger partial charge in [-0.2, -0.15) is 5.26 Å². The van der Waals surface area contributed by atoms with Crippen LogP contribution in [0.15, 0.2) is 36.4 Å². The average molecular weight is 363 g/mol. The molecule has 1 saturated carbocycles. The van der Waals surface area contributed by atoms with Gasteiger partial charge in [0, 0.05) is 28.2 Å². The van der Waals surface area contributed by atoms with Crippen molar-refractivity contribution in [2.24, 2.45) is 0 Å². The number of aryl methyl sites for hydroxylation is 1. The van der Waals surface area contributed by atoms with Crippen LogP contribution >= 0.6 is 0 Å². The molecule has 27 heavy (non-hydrogen) atoms. The molecule has 0 aliphatic heterocycles. The van der Waals surface area contributed by atoms with Crippen molar-refractivity contribution in [1.82, 2.24) is 4.98 Å². The zero-order chi connectivity index (χ0) is 19.0. The zero-order valence-corrected chi connectivity index (χ0v) is 15.3. The molecule has 2 N–H and O–H groups in total. The first-order chi connectivity index (χ1) is 13.1. The van der Waals surface area contributed by atoms with E-state index in [0.717, 1.165) is 53.7 Å². The Morgan fingerprint density at radius 1 is 1.22 bits per heavy atom. The summed E-state index contributed by atoms with van der Waals surface area (Å²) in [4.78, 5) is 5.66. The van der Waals surface area contributed by atoms with E-state index in [4.69, 9.17) is 0 Å². The van der Waals surface area contributed by atoms with Crippen LogP contribution in [-0.2, 0) is 6.61 Å². The van der Waals surface area contributed by atoms with Crippen molar-refractivity contribution in [3.8, 4) is 6.07 Å². The van der Waals surface area contributed by atoms with E-state index >= 15 is 0 Å². The van der Waals surface area contributed by atoms with Gasteiger partial charge in [0.15, 0.2) is 0 Å². The quantitative estimate of drug-likeness (QED) is 0.681. The molecule has 0 bridgehead atoms. The van der Waals surface area contributed by atoms with Gasteiger partial charge in [0.1, 0.15) is 11.6 Å². The molecule has 0 unspecified atom stereocenters. The van der Waals surface area contributed by atoms with Crippen molar-refractivity contribution in [2.75, 3.05) is 4.90 Å². The molecule has 4 nitrogen and oxygen atoms in total. The highest BCUT2D eigenvalue weighted by Gasteiger charge is 2.27. The van der Waals surface area contributed by atoms with E-state index in [1.165, 1.54) is 6.07 Å². The number of aliphatic hydroxyl groups is 1. The van der Waals surface area contributed by atoms with E-state index in [9.17, 15) is 14.8 Å². The Morgan fingerprint density at radius 3 is 2.67 bits per heavy atom. The molecular formula is C22H22FN3O. The van der Waals surface area contributed by atoms with E-state index in [0.29, 0.717) is 17.2 Å². The molecular weight excluding hydrogens is 341 g/mol. The number of fused-ring (bicyclic) bond motifs is 1. The van der Waals surface area contributed by atoms with Gasteiger partial charge in [0.2, 0.25) is 0 Å². The van der Waals surface area contributed by atoms with Gasteiger partial charge in [0.25, 0.3) is 0 Å². The summed E-state index contributed by atoms with van der Waals surface area (Å²) in [6.07, 6.45) is 4.44. The largest absolute Gasteiger partial charge is 0.392 e. The number of rotatable bonds is 4. The van der Waals surface area contributed by atoms with Gasteiger partial charge in [0.05, 0.1) is 18.2 Å². The standard InChI is InChI=1S/C22H22FN3O/c1-14-19-9-6-15(12-24)10-21(19)25-22(14)26(17-4-2-3-5-17)18-8-7-16(13-27)20(23)11-18/h6-11,17,25,27H,2-5,13H2,1H3. The van der Waals surface area contributed by atoms with Crippen LogP contribution in [0.5, 0.6) is 0 Å². The van der Waals surface area contributed by atoms with Crippen molar-refractivity contribution in [3.63, 3.8) is 0 Å². The van der Waals surface area contributed by atoms with Crippen LogP contribution in [0.2, 0.25) is 0 Å². The lowest BCUT2D eigenvalue weighted by Gasteiger charge is -2.31. The van der Waals surface area contributed by atoms with Crippen LogP contribution in [0.4, 0.5) is 15.9 Å². The van der Waals surface area contributed by atoms with Gasteiger partial charge >= 0.3 is 0 Å². The van der Waals surface area contributed by atoms with E-state index in [-0.39, 0.29) is 6.61 Å². The number of nitrogens with zero attached hydrogens (tertiary/aromatic N) is 2. The SMILES string of the molecule is Cc1c(N(c2ccc(CO)c(F)c2)C2CCCC2)[nH]c2cc(C#N)ccc12. The Kier molecular flexibility index (Phi) is 4.59. The molecule has 0 atom stereocenters. The van der Waals surface area contributed by atoms with Gasteiger partial charge < -0.3 is 15.0 Å². The number of halogens is 1. The molecule has 0 saturated heterocycles. The summed E-state index contributed by atoms with van der Waals surface area (Å²) in [5, 5.41) is 19.5. The predicted octanol–water partition coefficient (Wildman–Crippen LogP) is 5.06. The number of benzene rings is 2. The maximum atomic E-state index is 14.4. The molecule has 138 valence electrons. The summed E-state index contributed by atoms with van der Waals surface area (Å²) in [5.74, 6) is 0.557. The Labute approximate surface area is 157 Å². The number of aromatic nitrogens is 1. The Morgan fingerprint density at radius 2 is 2.00 bits per heavy atom. The Hall–Kier alpha value is -2.84. The third kappa shape index (κ3) is 3.07. The monoisotopic (exact) mass is 363 g/mol. The van der Waals surface area contributed by atoms with Crippen molar-refractivity contribution < 1.29 is 9.50 Å². The van der Waals surface area contributed by atoms with Crippen molar-refractivity contribution in [1.29, 1.82) is 5.26 Å². The number of aromatic amines is 1. The number of anilines is 2. The third-order valence-electron chi connectivity index (χ3n) is 5.58. The average Bonchev–Trinajstić information content (AvgIpc) is 3.31. The first-order valence-corrected chi connectivity index (χ1v) is 9.33. The fourth-order valence-corrected chi connectivity index (χ4v) is 4.13. The molecule has 1 aliphatic carbocycles. The molecule has 4 rings (SSSR count). The fourth-order valence-electron chi connectivity index (χ4n) is 4.13. The minimum Gasteiger partial charge on any atom is -0.392 e. The minimum absolute atomic E-state index is 0.298. The molecule has 0 amide bonds. The molecule has 1 heterocycles. The van der Waals surface area contributed by atoms with Crippen LogP contribution in [-0.4, -0.2) is 16.1 Å². The van der Waals surface area contributed by atoms with Gasteiger partial charge in [-0.15, -0.1) is 0 Å². The minimum atomic E-state index is -0.390. The molecule has 0 spiro atoms. The second-order valence-electron chi connectivity index (χ2n) is 7.21. The Balaban J connectivity index is 1.86.